The standard InChI is InChI=1S/C17H22N2O3S.C3H8.C2H6/c1-10(2)8-12-9-18-17(23-12)16-15(11-6-7-11)13(19-22-16)4-3-5-14(20)21;1-3-2;1-2/h9-11H,3-8H2,1-2H3,(H,20,21);3H2,1-2H3;1-2H3. The van der Waals surface area contributed by atoms with E-state index in [0.717, 1.165) is 35.7 Å². The summed E-state index contributed by atoms with van der Waals surface area (Å²) in [5.41, 5.74) is 2.09. The molecule has 1 aliphatic rings. The van der Waals surface area contributed by atoms with Gasteiger partial charge in [0, 0.05) is 23.1 Å². The van der Waals surface area contributed by atoms with Crippen molar-refractivity contribution >= 4 is 17.3 Å². The van der Waals surface area contributed by atoms with Gasteiger partial charge in [-0.3, -0.25) is 4.79 Å². The summed E-state index contributed by atoms with van der Waals surface area (Å²) in [5, 5.41) is 13.9. The first-order valence-corrected chi connectivity index (χ1v) is 11.4. The Labute approximate surface area is 173 Å². The van der Waals surface area contributed by atoms with Crippen molar-refractivity contribution in [2.24, 2.45) is 5.92 Å². The van der Waals surface area contributed by atoms with E-state index in [1.165, 1.54) is 16.9 Å². The van der Waals surface area contributed by atoms with E-state index in [0.29, 0.717) is 24.7 Å². The predicted octanol–water partition coefficient (Wildman–Crippen LogP) is 6.72. The average Bonchev–Trinajstić information content (AvgIpc) is 3.23. The number of nitrogens with zero attached hydrogens (tertiary/aromatic N) is 2. The summed E-state index contributed by atoms with van der Waals surface area (Å²) in [4.78, 5) is 16.5. The van der Waals surface area contributed by atoms with Gasteiger partial charge >= 0.3 is 5.97 Å². The minimum Gasteiger partial charge on any atom is -0.481 e. The third-order valence-electron chi connectivity index (χ3n) is 3.95. The zero-order valence-corrected chi connectivity index (χ0v) is 19.1. The third kappa shape index (κ3) is 7.74. The largest absolute Gasteiger partial charge is 0.481 e. The van der Waals surface area contributed by atoms with Gasteiger partial charge in [-0.25, -0.2) is 4.98 Å². The van der Waals surface area contributed by atoms with E-state index in [4.69, 9.17) is 9.63 Å². The number of carboxylic acid groups (broad SMARTS) is 1. The Hall–Kier alpha value is -1.69. The second-order valence-corrected chi connectivity index (χ2v) is 8.45. The lowest BCUT2D eigenvalue weighted by Crippen LogP contribution is -1.98. The quantitative estimate of drug-likeness (QED) is 0.524. The van der Waals surface area contributed by atoms with Crippen LogP contribution in [0, 0.1) is 5.92 Å². The Balaban J connectivity index is 0.000000717. The van der Waals surface area contributed by atoms with E-state index < -0.39 is 5.97 Å². The number of hydrogen-bond donors (Lipinski definition) is 1. The molecule has 1 fully saturated rings. The summed E-state index contributed by atoms with van der Waals surface area (Å²) in [7, 11) is 0. The molecular formula is C22H36N2O3S. The lowest BCUT2D eigenvalue weighted by atomic mass is 10.0. The normalized spacial score (nSPS) is 12.8. The number of aryl methyl sites for hydroxylation is 1. The van der Waals surface area contributed by atoms with Crippen LogP contribution in [-0.4, -0.2) is 21.2 Å². The maximum Gasteiger partial charge on any atom is 0.303 e. The molecule has 1 aliphatic carbocycles. The van der Waals surface area contributed by atoms with Gasteiger partial charge < -0.3 is 9.63 Å². The molecule has 0 unspecified atom stereocenters. The van der Waals surface area contributed by atoms with Gasteiger partial charge in [-0.05, 0) is 43.9 Å². The van der Waals surface area contributed by atoms with Crippen LogP contribution < -0.4 is 0 Å². The van der Waals surface area contributed by atoms with Crippen LogP contribution in [0.3, 0.4) is 0 Å². The van der Waals surface area contributed by atoms with E-state index in [1.807, 2.05) is 20.0 Å². The number of rotatable bonds is 8. The Kier molecular flexibility index (Phi) is 11.0. The fourth-order valence-electron chi connectivity index (χ4n) is 2.77. The highest BCUT2D eigenvalue weighted by atomic mass is 32.1. The summed E-state index contributed by atoms with van der Waals surface area (Å²) in [6, 6.07) is 0. The van der Waals surface area contributed by atoms with Gasteiger partial charge in [0.2, 0.25) is 0 Å². The summed E-state index contributed by atoms with van der Waals surface area (Å²) in [6.07, 6.45) is 7.94. The lowest BCUT2D eigenvalue weighted by Gasteiger charge is -2.00. The van der Waals surface area contributed by atoms with Crippen LogP contribution in [0.5, 0.6) is 0 Å². The Bertz CT molecular complexity index is 702. The van der Waals surface area contributed by atoms with Crippen LogP contribution in [-0.2, 0) is 17.6 Å². The first kappa shape index (κ1) is 24.3. The third-order valence-corrected chi connectivity index (χ3v) is 4.97. The van der Waals surface area contributed by atoms with Crippen LogP contribution in [0.25, 0.3) is 10.8 Å². The molecule has 2 heterocycles. The first-order chi connectivity index (χ1) is 13.5. The molecule has 3 rings (SSSR count). The van der Waals surface area contributed by atoms with Crippen LogP contribution in [0.4, 0.5) is 0 Å². The summed E-state index contributed by atoms with van der Waals surface area (Å²) >= 11 is 1.68. The van der Waals surface area contributed by atoms with Gasteiger partial charge in [0.1, 0.15) is 0 Å². The number of aromatic nitrogens is 2. The maximum atomic E-state index is 10.7. The highest BCUT2D eigenvalue weighted by Crippen LogP contribution is 2.47. The zero-order chi connectivity index (χ0) is 21.1. The fourth-order valence-corrected chi connectivity index (χ4v) is 3.89. The zero-order valence-electron chi connectivity index (χ0n) is 18.2. The number of hydrogen-bond acceptors (Lipinski definition) is 5. The van der Waals surface area contributed by atoms with E-state index in [-0.39, 0.29) is 6.42 Å². The average molecular weight is 409 g/mol. The van der Waals surface area contributed by atoms with Crippen molar-refractivity contribution in [3.63, 3.8) is 0 Å². The van der Waals surface area contributed by atoms with Crippen molar-refractivity contribution < 1.29 is 14.4 Å². The molecule has 0 spiro atoms. The highest BCUT2D eigenvalue weighted by molar-refractivity contribution is 7.15. The molecule has 5 nitrogen and oxygen atoms in total. The molecule has 0 aromatic carbocycles. The van der Waals surface area contributed by atoms with Crippen LogP contribution >= 0.6 is 11.3 Å². The van der Waals surface area contributed by atoms with Gasteiger partial charge in [-0.15, -0.1) is 11.3 Å². The van der Waals surface area contributed by atoms with Crippen molar-refractivity contribution in [1.82, 2.24) is 10.1 Å². The maximum absolute atomic E-state index is 10.7. The highest BCUT2D eigenvalue weighted by Gasteiger charge is 2.33. The number of carboxylic acids is 1. The molecule has 2 aromatic heterocycles. The molecule has 0 radical (unpaired) electrons. The molecule has 1 saturated carbocycles. The summed E-state index contributed by atoms with van der Waals surface area (Å²) < 4.78 is 5.61. The van der Waals surface area contributed by atoms with Crippen LogP contribution in [0.2, 0.25) is 0 Å². The van der Waals surface area contributed by atoms with Gasteiger partial charge in [-0.2, -0.15) is 0 Å². The van der Waals surface area contributed by atoms with Gasteiger partial charge in [0.15, 0.2) is 10.8 Å². The minimum atomic E-state index is -0.764. The van der Waals surface area contributed by atoms with Crippen molar-refractivity contribution in [2.75, 3.05) is 0 Å². The van der Waals surface area contributed by atoms with Gasteiger partial charge in [-0.1, -0.05) is 53.1 Å². The van der Waals surface area contributed by atoms with Crippen LogP contribution in [0.15, 0.2) is 10.7 Å². The van der Waals surface area contributed by atoms with Crippen molar-refractivity contribution in [1.29, 1.82) is 0 Å². The summed E-state index contributed by atoms with van der Waals surface area (Å²) in [5.74, 6) is 1.15. The SMILES string of the molecule is CC.CC(C)Cc1cnc(-c2onc(CCCC(=O)O)c2C2CC2)s1.CCC. The van der Waals surface area contributed by atoms with E-state index in [1.54, 1.807) is 11.3 Å². The second-order valence-electron chi connectivity index (χ2n) is 7.33. The smallest absolute Gasteiger partial charge is 0.303 e. The molecule has 2 aromatic rings. The molecule has 28 heavy (non-hydrogen) atoms. The van der Waals surface area contributed by atoms with E-state index >= 15 is 0 Å². The van der Waals surface area contributed by atoms with Gasteiger partial charge in [0.05, 0.1) is 5.69 Å². The predicted molar refractivity (Wildman–Crippen MR) is 116 cm³/mol. The first-order valence-electron chi connectivity index (χ1n) is 10.6. The molecule has 0 aliphatic heterocycles. The van der Waals surface area contributed by atoms with Crippen molar-refractivity contribution in [2.45, 2.75) is 92.4 Å². The lowest BCUT2D eigenvalue weighted by molar-refractivity contribution is -0.137. The molecule has 1 N–H and O–H groups in total. The van der Waals surface area contributed by atoms with Crippen molar-refractivity contribution in [3.8, 4) is 10.8 Å². The van der Waals surface area contributed by atoms with Crippen LogP contribution in [0.1, 0.15) is 95.7 Å². The molecular weight excluding hydrogens is 372 g/mol. The molecule has 0 atom stereocenters. The second kappa shape index (κ2) is 12.7. The number of carbonyl (C=O) groups is 1. The molecule has 6 heteroatoms. The van der Waals surface area contributed by atoms with Crippen molar-refractivity contribution in [3.05, 3.63) is 22.3 Å². The monoisotopic (exact) mass is 408 g/mol. The Morgan fingerprint density at radius 1 is 1.32 bits per heavy atom. The minimum absolute atomic E-state index is 0.169. The molecule has 0 amide bonds. The van der Waals surface area contributed by atoms with Gasteiger partial charge in [0.25, 0.3) is 0 Å². The Morgan fingerprint density at radius 3 is 2.50 bits per heavy atom. The molecule has 158 valence electrons. The number of thiazole rings is 1. The van der Waals surface area contributed by atoms with E-state index in [2.05, 4.69) is 37.8 Å². The topological polar surface area (TPSA) is 76.2 Å². The fraction of sp³-hybridized carbons (Fsp3) is 0.682. The summed E-state index contributed by atoms with van der Waals surface area (Å²) in [6.45, 7) is 12.6. The van der Waals surface area contributed by atoms with E-state index in [9.17, 15) is 4.79 Å². The molecule has 0 bridgehead atoms. The number of aliphatic carboxylic acids is 1. The molecule has 0 saturated heterocycles. The Morgan fingerprint density at radius 2 is 1.96 bits per heavy atom.